The number of nitrogens with zero attached hydrogens (tertiary/aromatic N) is 2. The Kier molecular flexibility index (Phi) is 6.58. The first kappa shape index (κ1) is 24.0. The smallest absolute Gasteiger partial charge is 0.273 e. The van der Waals surface area contributed by atoms with Crippen molar-refractivity contribution in [1.29, 1.82) is 0 Å². The number of halogens is 2. The molecular weight excluding hydrogens is 503 g/mol. The summed E-state index contributed by atoms with van der Waals surface area (Å²) in [6.07, 6.45) is -0.311. The zero-order chi connectivity index (χ0) is 25.3. The van der Waals surface area contributed by atoms with Crippen LogP contribution in [0.2, 0.25) is 10.0 Å². The van der Waals surface area contributed by atoms with Crippen molar-refractivity contribution in [1.82, 2.24) is 9.97 Å². The maximum Gasteiger partial charge on any atom is 0.273 e. The molecular formula is C21H16Cl2N6O6. The van der Waals surface area contributed by atoms with Crippen LogP contribution in [0.5, 0.6) is 5.75 Å². The Hall–Kier alpha value is -4.16. The second-order valence-corrected chi connectivity index (χ2v) is 8.21. The number of benzene rings is 2. The molecule has 35 heavy (non-hydrogen) atoms. The molecule has 0 unspecified atom stereocenters. The molecule has 2 aromatic carbocycles. The second kappa shape index (κ2) is 9.60. The van der Waals surface area contributed by atoms with Crippen LogP contribution >= 0.6 is 23.2 Å². The lowest BCUT2D eigenvalue weighted by atomic mass is 9.92. The molecule has 0 saturated carbocycles. The summed E-state index contributed by atoms with van der Waals surface area (Å²) >= 11 is 12.0. The average Bonchev–Trinajstić information content (AvgIpc) is 2.80. The van der Waals surface area contributed by atoms with Gasteiger partial charge in [0.15, 0.2) is 0 Å². The van der Waals surface area contributed by atoms with E-state index in [1.807, 2.05) is 0 Å². The van der Waals surface area contributed by atoms with Crippen LogP contribution in [0.25, 0.3) is 0 Å². The van der Waals surface area contributed by atoms with E-state index >= 15 is 0 Å². The summed E-state index contributed by atoms with van der Waals surface area (Å²) in [5.74, 6) is -2.46. The lowest BCUT2D eigenvalue weighted by molar-refractivity contribution is -0.384. The Bertz CT molecular complexity index is 1430. The molecule has 0 aliphatic carbocycles. The first-order valence-corrected chi connectivity index (χ1v) is 10.7. The molecule has 0 fully saturated rings. The molecule has 14 heteroatoms. The summed E-state index contributed by atoms with van der Waals surface area (Å²) in [6, 6.07) is 8.29. The highest BCUT2D eigenvalue weighted by molar-refractivity contribution is 6.36. The number of carbonyl (C=O) groups is 2. The van der Waals surface area contributed by atoms with E-state index in [-0.39, 0.29) is 45.9 Å². The first-order valence-electron chi connectivity index (χ1n) is 9.95. The number of amides is 2. The van der Waals surface area contributed by atoms with Crippen molar-refractivity contribution in [3.63, 3.8) is 0 Å². The minimum Gasteiger partial charge on any atom is -0.494 e. The summed E-state index contributed by atoms with van der Waals surface area (Å²) in [7, 11) is 1.29. The van der Waals surface area contributed by atoms with Gasteiger partial charge in [-0.05, 0) is 24.3 Å². The Morgan fingerprint density at radius 2 is 1.94 bits per heavy atom. The fourth-order valence-electron chi connectivity index (χ4n) is 3.49. The van der Waals surface area contributed by atoms with Crippen molar-refractivity contribution in [3.05, 3.63) is 72.5 Å². The van der Waals surface area contributed by atoms with Crippen LogP contribution in [-0.4, -0.2) is 33.8 Å². The number of H-pyrrole nitrogens is 1. The molecule has 4 N–H and O–H groups in total. The standard InChI is InChI=1S/C21H16Cl2N6O6/c1-35-15-7-10(29(33)34)3-5-14(15)24-19(31)11-8-16(30)26-18-17(11)20(32)28-21(27-18)25-13-4-2-9(22)6-12(13)23/h2-7,11H,8H2,1H3,(H,24,31)(H3,25,26,27,28,30,32)/t11-/m1/s1. The number of carbonyl (C=O) groups excluding carboxylic acids is 2. The zero-order valence-electron chi connectivity index (χ0n) is 17.8. The van der Waals surface area contributed by atoms with Crippen LogP contribution in [0.15, 0.2) is 41.2 Å². The summed E-state index contributed by atoms with van der Waals surface area (Å²) in [6.45, 7) is 0. The molecule has 0 spiro atoms. The number of hydrogen-bond donors (Lipinski definition) is 4. The number of methoxy groups -OCH3 is 1. The predicted octanol–water partition coefficient (Wildman–Crippen LogP) is 3.80. The molecule has 1 aromatic heterocycles. The lowest BCUT2D eigenvalue weighted by Gasteiger charge is -2.24. The number of ether oxygens (including phenoxy) is 1. The van der Waals surface area contributed by atoms with Gasteiger partial charge in [0.1, 0.15) is 11.6 Å². The third-order valence-corrected chi connectivity index (χ3v) is 5.65. The Morgan fingerprint density at radius 1 is 1.20 bits per heavy atom. The molecule has 0 radical (unpaired) electrons. The van der Waals surface area contributed by atoms with Crippen molar-refractivity contribution in [3.8, 4) is 5.75 Å². The number of aromatic nitrogens is 2. The number of anilines is 4. The van der Waals surface area contributed by atoms with Gasteiger partial charge in [0.25, 0.3) is 11.2 Å². The number of nitrogens with one attached hydrogen (secondary N) is 4. The van der Waals surface area contributed by atoms with Gasteiger partial charge in [-0.2, -0.15) is 4.98 Å². The van der Waals surface area contributed by atoms with Crippen LogP contribution in [0, 0.1) is 10.1 Å². The van der Waals surface area contributed by atoms with E-state index < -0.39 is 28.2 Å². The number of nitro groups is 1. The molecule has 2 amide bonds. The van der Waals surface area contributed by atoms with Crippen LogP contribution in [0.3, 0.4) is 0 Å². The van der Waals surface area contributed by atoms with Gasteiger partial charge in [0.2, 0.25) is 17.8 Å². The highest BCUT2D eigenvalue weighted by atomic mass is 35.5. The molecule has 3 aromatic rings. The fourth-order valence-corrected chi connectivity index (χ4v) is 3.95. The lowest BCUT2D eigenvalue weighted by Crippen LogP contribution is -2.36. The predicted molar refractivity (Wildman–Crippen MR) is 129 cm³/mol. The molecule has 1 aliphatic rings. The second-order valence-electron chi connectivity index (χ2n) is 7.36. The fraction of sp³-hybridized carbons (Fsp3) is 0.143. The number of nitro benzene ring substituents is 1. The topological polar surface area (TPSA) is 168 Å². The Balaban J connectivity index is 1.64. The maximum absolute atomic E-state index is 13.1. The summed E-state index contributed by atoms with van der Waals surface area (Å²) in [5.41, 5.74) is -0.394. The van der Waals surface area contributed by atoms with Crippen molar-refractivity contribution >= 4 is 63.8 Å². The zero-order valence-corrected chi connectivity index (χ0v) is 19.4. The molecule has 1 atom stereocenters. The molecule has 4 rings (SSSR count). The van der Waals surface area contributed by atoms with Crippen LogP contribution in [0.1, 0.15) is 17.9 Å². The minimum atomic E-state index is -1.18. The number of non-ortho nitro benzene ring substituents is 1. The third kappa shape index (κ3) is 5.03. The average molecular weight is 519 g/mol. The van der Waals surface area contributed by atoms with Gasteiger partial charge in [-0.3, -0.25) is 29.5 Å². The van der Waals surface area contributed by atoms with Gasteiger partial charge in [-0.1, -0.05) is 23.2 Å². The third-order valence-electron chi connectivity index (χ3n) is 5.11. The maximum atomic E-state index is 13.1. The van der Waals surface area contributed by atoms with Crippen molar-refractivity contribution in [2.24, 2.45) is 0 Å². The van der Waals surface area contributed by atoms with Gasteiger partial charge >= 0.3 is 0 Å². The summed E-state index contributed by atoms with van der Waals surface area (Å²) in [4.78, 5) is 55.4. The van der Waals surface area contributed by atoms with Crippen molar-refractivity contribution in [2.45, 2.75) is 12.3 Å². The number of rotatable bonds is 6. The van der Waals surface area contributed by atoms with Crippen LogP contribution in [-0.2, 0) is 9.59 Å². The van der Waals surface area contributed by atoms with Crippen LogP contribution in [0.4, 0.5) is 28.8 Å². The van der Waals surface area contributed by atoms with Gasteiger partial charge in [0.05, 0.1) is 46.0 Å². The number of aromatic amines is 1. The summed E-state index contributed by atoms with van der Waals surface area (Å²) in [5, 5.41) is 19.6. The van der Waals surface area contributed by atoms with E-state index in [1.165, 1.54) is 25.3 Å². The molecule has 0 saturated heterocycles. The number of fused-ring (bicyclic) bond motifs is 1. The van der Waals surface area contributed by atoms with Gasteiger partial charge in [0, 0.05) is 17.5 Å². The normalized spacial score (nSPS) is 14.5. The van der Waals surface area contributed by atoms with Crippen molar-refractivity contribution < 1.29 is 19.2 Å². The molecule has 2 heterocycles. The minimum absolute atomic E-state index is 0.0173. The van der Waals surface area contributed by atoms with Gasteiger partial charge in [-0.25, -0.2) is 0 Å². The van der Waals surface area contributed by atoms with Crippen LogP contribution < -0.4 is 26.2 Å². The molecule has 0 bridgehead atoms. The molecule has 12 nitrogen and oxygen atoms in total. The largest absolute Gasteiger partial charge is 0.494 e. The highest BCUT2D eigenvalue weighted by Gasteiger charge is 2.35. The SMILES string of the molecule is COc1cc([N+](=O)[O-])ccc1NC(=O)[C@@H]1CC(=O)Nc2nc(Nc3ccc(Cl)cc3Cl)[nH]c(=O)c21. The quantitative estimate of drug-likeness (QED) is 0.282. The van der Waals surface area contributed by atoms with E-state index in [9.17, 15) is 24.5 Å². The van der Waals surface area contributed by atoms with Gasteiger partial charge in [-0.15, -0.1) is 0 Å². The number of hydrogen-bond acceptors (Lipinski definition) is 8. The first-order chi connectivity index (χ1) is 16.7. The Labute approximate surface area is 206 Å². The van der Waals surface area contributed by atoms with E-state index in [0.29, 0.717) is 10.7 Å². The monoisotopic (exact) mass is 518 g/mol. The van der Waals surface area contributed by atoms with E-state index in [2.05, 4.69) is 25.9 Å². The van der Waals surface area contributed by atoms with E-state index in [0.717, 1.165) is 6.07 Å². The Morgan fingerprint density at radius 3 is 2.63 bits per heavy atom. The molecule has 1 aliphatic heterocycles. The summed E-state index contributed by atoms with van der Waals surface area (Å²) < 4.78 is 5.12. The van der Waals surface area contributed by atoms with Crippen molar-refractivity contribution in [2.75, 3.05) is 23.1 Å². The highest BCUT2D eigenvalue weighted by Crippen LogP contribution is 2.34. The van der Waals surface area contributed by atoms with E-state index in [4.69, 9.17) is 27.9 Å². The molecule has 180 valence electrons. The van der Waals surface area contributed by atoms with Gasteiger partial charge < -0.3 is 20.7 Å². The van der Waals surface area contributed by atoms with E-state index in [1.54, 1.807) is 12.1 Å².